The molecule has 0 saturated heterocycles. The van der Waals surface area contributed by atoms with E-state index >= 15 is 0 Å². The van der Waals surface area contributed by atoms with Crippen LogP contribution in [0.4, 0.5) is 0 Å². The maximum absolute atomic E-state index is 5.20. The Balaban J connectivity index is 2.77. The summed E-state index contributed by atoms with van der Waals surface area (Å²) in [6, 6.07) is 8.50. The van der Waals surface area contributed by atoms with E-state index < -0.39 is 0 Å². The Morgan fingerprint density at radius 2 is 1.76 bits per heavy atom. The van der Waals surface area contributed by atoms with Gasteiger partial charge in [0.05, 0.1) is 7.11 Å². The highest BCUT2D eigenvalue weighted by Crippen LogP contribution is 2.29. The van der Waals surface area contributed by atoms with Crippen molar-refractivity contribution in [1.82, 2.24) is 4.90 Å². The minimum atomic E-state index is 0.628. The number of nitrogens with zero attached hydrogens (tertiary/aromatic N) is 1. The van der Waals surface area contributed by atoms with Crippen LogP contribution >= 0.6 is 0 Å². The molecule has 0 N–H and O–H groups in total. The molecule has 0 aliphatic rings. The summed E-state index contributed by atoms with van der Waals surface area (Å²) in [4.78, 5) is 2.26. The number of rotatable bonds is 6. The fourth-order valence-corrected chi connectivity index (χ4v) is 2.52. The number of ether oxygens (including phenoxy) is 1. The van der Waals surface area contributed by atoms with E-state index in [4.69, 9.17) is 4.74 Å². The van der Waals surface area contributed by atoms with Crippen LogP contribution in [0, 0.1) is 5.92 Å². The Bertz CT molecular complexity index is 318. The lowest BCUT2D eigenvalue weighted by atomic mass is 9.85. The van der Waals surface area contributed by atoms with Gasteiger partial charge in [-0.2, -0.15) is 0 Å². The van der Waals surface area contributed by atoms with Crippen LogP contribution in [-0.4, -0.2) is 32.6 Å². The lowest BCUT2D eigenvalue weighted by molar-refractivity contribution is 0.301. The molecule has 0 spiro atoms. The number of benzene rings is 1. The highest BCUT2D eigenvalue weighted by molar-refractivity contribution is 5.29. The third-order valence-corrected chi connectivity index (χ3v) is 3.32. The van der Waals surface area contributed by atoms with E-state index in [1.807, 2.05) is 0 Å². The number of hydrogen-bond acceptors (Lipinski definition) is 2. The summed E-state index contributed by atoms with van der Waals surface area (Å²) in [5.41, 5.74) is 1.42. The van der Waals surface area contributed by atoms with Crippen LogP contribution in [-0.2, 0) is 0 Å². The van der Waals surface area contributed by atoms with Gasteiger partial charge in [0, 0.05) is 6.54 Å². The molecule has 1 aromatic carbocycles. The van der Waals surface area contributed by atoms with Crippen LogP contribution in [0.2, 0.25) is 0 Å². The zero-order valence-corrected chi connectivity index (χ0v) is 11.7. The second-order valence-electron chi connectivity index (χ2n) is 5.03. The molecule has 2 heteroatoms. The van der Waals surface area contributed by atoms with Crippen molar-refractivity contribution >= 4 is 0 Å². The van der Waals surface area contributed by atoms with E-state index in [1.165, 1.54) is 12.0 Å². The monoisotopic (exact) mass is 235 g/mol. The first kappa shape index (κ1) is 14.0. The van der Waals surface area contributed by atoms with Gasteiger partial charge in [-0.1, -0.05) is 26.0 Å². The summed E-state index contributed by atoms with van der Waals surface area (Å²) in [5.74, 6) is 2.23. The molecule has 0 saturated carbocycles. The Kier molecular flexibility index (Phi) is 5.49. The van der Waals surface area contributed by atoms with E-state index in [9.17, 15) is 0 Å². The summed E-state index contributed by atoms with van der Waals surface area (Å²) in [7, 11) is 5.98. The van der Waals surface area contributed by atoms with Crippen molar-refractivity contribution in [2.45, 2.75) is 26.2 Å². The predicted octanol–water partition coefficient (Wildman–Crippen LogP) is 3.39. The fourth-order valence-electron chi connectivity index (χ4n) is 2.52. The summed E-state index contributed by atoms with van der Waals surface area (Å²) in [6.45, 7) is 5.73. The lowest BCUT2D eigenvalue weighted by Gasteiger charge is -2.26. The molecule has 0 aromatic heterocycles. The van der Waals surface area contributed by atoms with E-state index in [2.05, 4.69) is 57.1 Å². The zero-order chi connectivity index (χ0) is 12.8. The lowest BCUT2D eigenvalue weighted by Crippen LogP contribution is -2.24. The van der Waals surface area contributed by atoms with Gasteiger partial charge in [0.15, 0.2) is 0 Å². The third-order valence-electron chi connectivity index (χ3n) is 3.32. The molecule has 0 radical (unpaired) electrons. The first-order chi connectivity index (χ1) is 8.08. The maximum Gasteiger partial charge on any atom is 0.118 e. The van der Waals surface area contributed by atoms with Crippen LogP contribution in [0.3, 0.4) is 0 Å². The molecule has 0 unspecified atom stereocenters. The van der Waals surface area contributed by atoms with E-state index in [0.29, 0.717) is 11.8 Å². The minimum Gasteiger partial charge on any atom is -0.497 e. The Hall–Kier alpha value is -1.02. The van der Waals surface area contributed by atoms with Gasteiger partial charge in [0.25, 0.3) is 0 Å². The van der Waals surface area contributed by atoms with Crippen molar-refractivity contribution in [2.24, 2.45) is 5.92 Å². The summed E-state index contributed by atoms with van der Waals surface area (Å²) in [5, 5.41) is 0. The molecule has 0 heterocycles. The van der Waals surface area contributed by atoms with Gasteiger partial charge in [-0.15, -0.1) is 0 Å². The highest BCUT2D eigenvalue weighted by Gasteiger charge is 2.18. The smallest absolute Gasteiger partial charge is 0.118 e. The average molecular weight is 235 g/mol. The Labute approximate surface area is 106 Å². The van der Waals surface area contributed by atoms with Crippen LogP contribution in [0.1, 0.15) is 31.7 Å². The van der Waals surface area contributed by atoms with Crippen molar-refractivity contribution in [3.8, 4) is 5.75 Å². The van der Waals surface area contributed by atoms with Crippen molar-refractivity contribution in [3.63, 3.8) is 0 Å². The van der Waals surface area contributed by atoms with Crippen molar-refractivity contribution in [3.05, 3.63) is 29.8 Å². The van der Waals surface area contributed by atoms with E-state index in [1.54, 1.807) is 7.11 Å². The van der Waals surface area contributed by atoms with Crippen molar-refractivity contribution in [2.75, 3.05) is 27.7 Å². The molecule has 0 aliphatic heterocycles. The Morgan fingerprint density at radius 3 is 2.18 bits per heavy atom. The molecule has 2 atom stereocenters. The van der Waals surface area contributed by atoms with Crippen LogP contribution in [0.25, 0.3) is 0 Å². The van der Waals surface area contributed by atoms with Crippen molar-refractivity contribution < 1.29 is 4.74 Å². The van der Waals surface area contributed by atoms with Gasteiger partial charge < -0.3 is 9.64 Å². The highest BCUT2D eigenvalue weighted by atomic mass is 16.5. The summed E-state index contributed by atoms with van der Waals surface area (Å²) >= 11 is 0. The maximum atomic E-state index is 5.20. The molecule has 0 amide bonds. The number of methoxy groups -OCH3 is 1. The fraction of sp³-hybridized carbons (Fsp3) is 0.600. The number of hydrogen-bond donors (Lipinski definition) is 0. The zero-order valence-electron chi connectivity index (χ0n) is 11.7. The van der Waals surface area contributed by atoms with Gasteiger partial charge in [-0.05, 0) is 50.0 Å². The SMILES string of the molecule is CC[C@@H](c1ccc(OC)cc1)[C@@H](C)CN(C)C. The van der Waals surface area contributed by atoms with Gasteiger partial charge >= 0.3 is 0 Å². The molecule has 0 fully saturated rings. The third kappa shape index (κ3) is 4.04. The van der Waals surface area contributed by atoms with Gasteiger partial charge in [-0.3, -0.25) is 0 Å². The van der Waals surface area contributed by atoms with E-state index in [-0.39, 0.29) is 0 Å². The first-order valence-electron chi connectivity index (χ1n) is 6.37. The van der Waals surface area contributed by atoms with Crippen LogP contribution in [0.15, 0.2) is 24.3 Å². The summed E-state index contributed by atoms with van der Waals surface area (Å²) in [6.07, 6.45) is 1.18. The van der Waals surface area contributed by atoms with Gasteiger partial charge in [0.2, 0.25) is 0 Å². The van der Waals surface area contributed by atoms with Crippen molar-refractivity contribution in [1.29, 1.82) is 0 Å². The topological polar surface area (TPSA) is 12.5 Å². The van der Waals surface area contributed by atoms with E-state index in [0.717, 1.165) is 12.3 Å². The molecule has 2 nitrogen and oxygen atoms in total. The molecule has 1 rings (SSSR count). The molecule has 96 valence electrons. The Morgan fingerprint density at radius 1 is 1.18 bits per heavy atom. The average Bonchev–Trinajstić information content (AvgIpc) is 2.30. The first-order valence-corrected chi connectivity index (χ1v) is 6.37. The standard InChI is InChI=1S/C15H25NO/c1-6-15(12(2)11-16(3)4)13-7-9-14(17-5)10-8-13/h7-10,12,15H,6,11H2,1-5H3/t12-,15+/m0/s1. The van der Waals surface area contributed by atoms with Crippen LogP contribution < -0.4 is 4.74 Å². The summed E-state index contributed by atoms with van der Waals surface area (Å²) < 4.78 is 5.20. The normalized spacial score (nSPS) is 14.7. The minimum absolute atomic E-state index is 0.628. The molecule has 1 aromatic rings. The molecule has 0 aliphatic carbocycles. The largest absolute Gasteiger partial charge is 0.497 e. The molecule has 17 heavy (non-hydrogen) atoms. The van der Waals surface area contributed by atoms with Crippen LogP contribution in [0.5, 0.6) is 5.75 Å². The molecule has 0 bridgehead atoms. The molecular formula is C15H25NO. The second kappa shape index (κ2) is 6.65. The predicted molar refractivity (Wildman–Crippen MR) is 73.7 cm³/mol. The van der Waals surface area contributed by atoms with Gasteiger partial charge in [0.1, 0.15) is 5.75 Å². The van der Waals surface area contributed by atoms with Gasteiger partial charge in [-0.25, -0.2) is 0 Å². The molecular weight excluding hydrogens is 210 g/mol. The second-order valence-corrected chi connectivity index (χ2v) is 5.03. The quantitative estimate of drug-likeness (QED) is 0.749.